The van der Waals surface area contributed by atoms with Crippen molar-refractivity contribution in [2.75, 3.05) is 19.1 Å². The van der Waals surface area contributed by atoms with Gasteiger partial charge >= 0.3 is 0 Å². The van der Waals surface area contributed by atoms with Gasteiger partial charge in [0.15, 0.2) is 5.56 Å². The molecule has 0 bridgehead atoms. The number of nitro groups is 1. The fourth-order valence-corrected chi connectivity index (χ4v) is 4.25. The molecule has 0 heterocycles. The van der Waals surface area contributed by atoms with Gasteiger partial charge in [-0.3, -0.25) is 19.7 Å². The molecule has 0 aromatic heterocycles. The smallest absolute Gasteiger partial charge is 0.285 e. The van der Waals surface area contributed by atoms with Gasteiger partial charge in [-0.15, -0.1) is 0 Å². The lowest BCUT2D eigenvalue weighted by atomic mass is 9.84. The van der Waals surface area contributed by atoms with Crippen LogP contribution < -0.4 is 20.1 Å². The Morgan fingerprint density at radius 1 is 1.06 bits per heavy atom. The van der Waals surface area contributed by atoms with Gasteiger partial charge in [0.25, 0.3) is 11.6 Å². The highest BCUT2D eigenvalue weighted by Gasteiger charge is 2.36. The van der Waals surface area contributed by atoms with Crippen LogP contribution in [0.2, 0.25) is 0 Å². The van der Waals surface area contributed by atoms with Crippen molar-refractivity contribution in [2.45, 2.75) is 38.6 Å². The quantitative estimate of drug-likeness (QED) is 0.517. The second kappa shape index (κ2) is 9.67. The number of carbonyl (C=O) groups excluding carboxylic acids is 2. The number of nitrogens with two attached hydrogens (primary N) is 1. The number of anilines is 1. The minimum atomic E-state index is -0.590. The minimum Gasteiger partial charge on any atom is -0.496 e. The molecule has 32 heavy (non-hydrogen) atoms. The zero-order valence-corrected chi connectivity index (χ0v) is 18.4. The van der Waals surface area contributed by atoms with Crippen molar-refractivity contribution in [1.82, 2.24) is 0 Å². The first-order valence-electron chi connectivity index (χ1n) is 10.4. The summed E-state index contributed by atoms with van der Waals surface area (Å²) in [7, 11) is 2.91. The Balaban J connectivity index is 2.11. The molecule has 9 nitrogen and oxygen atoms in total. The van der Waals surface area contributed by atoms with Crippen molar-refractivity contribution >= 4 is 23.2 Å². The lowest BCUT2D eigenvalue weighted by molar-refractivity contribution is -0.385. The fourth-order valence-electron chi connectivity index (χ4n) is 4.25. The summed E-state index contributed by atoms with van der Waals surface area (Å²) in [5, 5.41) is 11.7. The third kappa shape index (κ3) is 4.51. The highest BCUT2D eigenvalue weighted by Crippen LogP contribution is 2.37. The van der Waals surface area contributed by atoms with E-state index in [1.54, 1.807) is 24.1 Å². The number of rotatable bonds is 7. The molecule has 2 aromatic rings. The predicted molar refractivity (Wildman–Crippen MR) is 119 cm³/mol. The van der Waals surface area contributed by atoms with E-state index in [1.807, 2.05) is 13.0 Å². The fraction of sp³-hybridized carbons (Fsp3) is 0.391. The van der Waals surface area contributed by atoms with E-state index in [2.05, 4.69) is 0 Å². The van der Waals surface area contributed by atoms with Crippen LogP contribution in [0.3, 0.4) is 0 Å². The first-order valence-corrected chi connectivity index (χ1v) is 10.4. The van der Waals surface area contributed by atoms with E-state index >= 15 is 0 Å². The summed E-state index contributed by atoms with van der Waals surface area (Å²) in [5.41, 5.74) is 6.47. The van der Waals surface area contributed by atoms with Gasteiger partial charge in [0.2, 0.25) is 5.91 Å². The van der Waals surface area contributed by atoms with E-state index in [-0.39, 0.29) is 34.9 Å². The zero-order chi connectivity index (χ0) is 23.4. The Morgan fingerprint density at radius 3 is 2.28 bits per heavy atom. The largest absolute Gasteiger partial charge is 0.496 e. The zero-order valence-electron chi connectivity index (χ0n) is 18.4. The van der Waals surface area contributed by atoms with Crippen LogP contribution in [0, 0.1) is 23.0 Å². The van der Waals surface area contributed by atoms with Crippen molar-refractivity contribution in [2.24, 2.45) is 11.7 Å². The maximum Gasteiger partial charge on any atom is 0.285 e. The van der Waals surface area contributed by atoms with Crippen LogP contribution in [0.15, 0.2) is 36.4 Å². The molecule has 2 N–H and O–H groups in total. The molecule has 0 aliphatic heterocycles. The molecule has 3 rings (SSSR count). The van der Waals surface area contributed by atoms with E-state index in [9.17, 15) is 19.7 Å². The number of aryl methyl sites for hydroxylation is 1. The molecule has 170 valence electrons. The van der Waals surface area contributed by atoms with Crippen molar-refractivity contribution in [3.05, 3.63) is 57.6 Å². The molecule has 2 aromatic carbocycles. The van der Waals surface area contributed by atoms with E-state index < -0.39 is 10.8 Å². The lowest BCUT2D eigenvalue weighted by Gasteiger charge is -2.36. The Morgan fingerprint density at radius 2 is 1.72 bits per heavy atom. The Bertz CT molecular complexity index is 1030. The van der Waals surface area contributed by atoms with Crippen LogP contribution in [-0.2, 0) is 4.79 Å². The summed E-state index contributed by atoms with van der Waals surface area (Å²) in [6.45, 7) is 1.89. The predicted octanol–water partition coefficient (Wildman–Crippen LogP) is 3.61. The van der Waals surface area contributed by atoms with Crippen molar-refractivity contribution in [3.8, 4) is 11.5 Å². The van der Waals surface area contributed by atoms with Gasteiger partial charge in [-0.25, -0.2) is 0 Å². The number of hydrogen-bond acceptors (Lipinski definition) is 6. The maximum atomic E-state index is 13.9. The first kappa shape index (κ1) is 23.1. The molecular formula is C23H27N3O6. The van der Waals surface area contributed by atoms with E-state index in [1.165, 1.54) is 25.3 Å². The number of amides is 2. The van der Waals surface area contributed by atoms with Gasteiger partial charge in [-0.1, -0.05) is 12.1 Å². The molecule has 1 aliphatic carbocycles. The number of primary amides is 1. The van der Waals surface area contributed by atoms with Crippen LogP contribution in [0.1, 0.15) is 41.6 Å². The van der Waals surface area contributed by atoms with Gasteiger partial charge in [-0.05, 0) is 50.3 Å². The van der Waals surface area contributed by atoms with Crippen LogP contribution >= 0.6 is 0 Å². The van der Waals surface area contributed by atoms with E-state index in [0.29, 0.717) is 37.1 Å². The summed E-state index contributed by atoms with van der Waals surface area (Å²) in [6.07, 6.45) is 2.17. The molecule has 1 saturated carbocycles. The average Bonchev–Trinajstić information content (AvgIpc) is 2.79. The Hall–Kier alpha value is -3.62. The highest BCUT2D eigenvalue weighted by atomic mass is 16.6. The van der Waals surface area contributed by atoms with E-state index in [4.69, 9.17) is 15.2 Å². The Labute approximate surface area is 186 Å². The summed E-state index contributed by atoms with van der Waals surface area (Å²) >= 11 is 0. The van der Waals surface area contributed by atoms with Gasteiger partial charge in [0.1, 0.15) is 11.5 Å². The third-order valence-electron chi connectivity index (χ3n) is 5.99. The number of benzene rings is 2. The molecule has 2 amide bonds. The first-order chi connectivity index (χ1) is 15.3. The molecule has 0 saturated heterocycles. The summed E-state index contributed by atoms with van der Waals surface area (Å²) < 4.78 is 10.7. The summed E-state index contributed by atoms with van der Waals surface area (Å²) in [6, 6.07) is 9.39. The molecule has 0 atom stereocenters. The summed E-state index contributed by atoms with van der Waals surface area (Å²) in [4.78, 5) is 38.1. The van der Waals surface area contributed by atoms with Gasteiger partial charge in [-0.2, -0.15) is 0 Å². The van der Waals surface area contributed by atoms with Gasteiger partial charge in [0, 0.05) is 29.8 Å². The molecule has 0 spiro atoms. The lowest BCUT2D eigenvalue weighted by Crippen LogP contribution is -2.44. The average molecular weight is 441 g/mol. The van der Waals surface area contributed by atoms with Crippen LogP contribution in [-0.4, -0.2) is 37.0 Å². The topological polar surface area (TPSA) is 125 Å². The molecule has 1 fully saturated rings. The molecular weight excluding hydrogens is 414 g/mol. The molecule has 0 unspecified atom stereocenters. The highest BCUT2D eigenvalue weighted by molar-refractivity contribution is 6.11. The number of carbonyl (C=O) groups is 2. The minimum absolute atomic E-state index is 0.114. The number of hydrogen-bond donors (Lipinski definition) is 1. The normalized spacial score (nSPS) is 18.0. The van der Waals surface area contributed by atoms with Crippen LogP contribution in [0.4, 0.5) is 11.4 Å². The van der Waals surface area contributed by atoms with Crippen molar-refractivity contribution < 1.29 is 24.0 Å². The molecule has 1 aliphatic rings. The summed E-state index contributed by atoms with van der Waals surface area (Å²) in [5.74, 6) is -0.405. The monoisotopic (exact) mass is 441 g/mol. The Kier molecular flexibility index (Phi) is 6.97. The molecule has 9 heteroatoms. The van der Waals surface area contributed by atoms with Crippen molar-refractivity contribution in [1.29, 1.82) is 0 Å². The second-order valence-electron chi connectivity index (χ2n) is 7.85. The van der Waals surface area contributed by atoms with Crippen molar-refractivity contribution in [3.63, 3.8) is 0 Å². The van der Waals surface area contributed by atoms with Crippen LogP contribution in [0.5, 0.6) is 11.5 Å². The SMILES string of the molecule is COc1cc(N(C(=O)c2c(OC)cccc2[N+](=O)[O-])C2CCC(C(N)=O)CC2)ccc1C. The number of nitro benzene ring substituents is 1. The van der Waals surface area contributed by atoms with E-state index in [0.717, 1.165) is 5.56 Å². The maximum absolute atomic E-state index is 13.9. The van der Waals surface area contributed by atoms with Gasteiger partial charge < -0.3 is 20.1 Å². The van der Waals surface area contributed by atoms with Crippen LogP contribution in [0.25, 0.3) is 0 Å². The van der Waals surface area contributed by atoms with Gasteiger partial charge in [0.05, 0.1) is 19.1 Å². The second-order valence-corrected chi connectivity index (χ2v) is 7.85. The standard InChI is InChI=1S/C23H27N3O6/c1-14-7-10-17(13-20(14)32-3)25(16-11-8-15(9-12-16)22(24)27)23(28)21-18(26(29)30)5-4-6-19(21)31-2/h4-7,10,13,15-16H,8-9,11-12H2,1-3H3,(H2,24,27). The molecule has 0 radical (unpaired) electrons. The number of nitrogens with zero attached hydrogens (tertiary/aromatic N) is 2. The number of ether oxygens (including phenoxy) is 2. The number of methoxy groups -OCH3 is 2. The third-order valence-corrected chi connectivity index (χ3v) is 5.99.